The maximum Gasteiger partial charge on any atom is 0.416 e. The maximum atomic E-state index is 14.7. The number of hydrogen-bond donors (Lipinski definition) is 0. The van der Waals surface area contributed by atoms with Gasteiger partial charge in [0.25, 0.3) is 5.17 Å². The van der Waals surface area contributed by atoms with E-state index in [0.29, 0.717) is 36.3 Å². The van der Waals surface area contributed by atoms with Gasteiger partial charge >= 0.3 is 12.4 Å². The second kappa shape index (κ2) is 11.2. The van der Waals surface area contributed by atoms with Crippen molar-refractivity contribution in [2.45, 2.75) is 76.9 Å². The van der Waals surface area contributed by atoms with Gasteiger partial charge in [-0.05, 0) is 97.3 Å². The Hall–Kier alpha value is -2.82. The van der Waals surface area contributed by atoms with E-state index in [1.807, 2.05) is 13.8 Å². The van der Waals surface area contributed by atoms with E-state index in [4.69, 9.17) is 21.7 Å². The molecule has 2 aliphatic rings. The molecule has 2 aromatic carbocycles. The second-order valence-electron chi connectivity index (χ2n) is 10.5. The van der Waals surface area contributed by atoms with E-state index < -0.39 is 35.6 Å². The molecule has 2 aromatic rings. The van der Waals surface area contributed by atoms with Crippen LogP contribution in [0.3, 0.4) is 0 Å². The van der Waals surface area contributed by atoms with E-state index in [0.717, 1.165) is 29.6 Å². The summed E-state index contributed by atoms with van der Waals surface area (Å²) in [5.74, 6) is -0.0312. The van der Waals surface area contributed by atoms with Gasteiger partial charge in [-0.3, -0.25) is 0 Å². The smallest absolute Gasteiger partial charge is 0.416 e. The highest BCUT2D eigenvalue weighted by Gasteiger charge is 2.42. The SMILES string of the molecule is COc1cc(F)c(C(C)C)cc1C1=C(CN2C(=S)O[C@H](c3cc(C(F)(F)F)cc(C(F)(F)F)c3)[C@@H]2C)CCCC1. The molecule has 1 aliphatic carbocycles. The quantitative estimate of drug-likeness (QED) is 0.248. The molecule has 0 amide bonds. The Morgan fingerprint density at radius 2 is 1.57 bits per heavy atom. The van der Waals surface area contributed by atoms with Crippen LogP contribution in [-0.4, -0.2) is 29.8 Å². The lowest BCUT2D eigenvalue weighted by Gasteiger charge is -2.29. The van der Waals surface area contributed by atoms with Gasteiger partial charge in [0.15, 0.2) is 0 Å². The zero-order valence-electron chi connectivity index (χ0n) is 22.5. The fraction of sp³-hybridized carbons (Fsp3) is 0.483. The van der Waals surface area contributed by atoms with Gasteiger partial charge in [-0.25, -0.2) is 4.39 Å². The number of hydrogen-bond acceptors (Lipinski definition) is 3. The molecule has 1 saturated heterocycles. The van der Waals surface area contributed by atoms with Gasteiger partial charge < -0.3 is 14.4 Å². The van der Waals surface area contributed by atoms with Crippen LogP contribution in [0, 0.1) is 5.82 Å². The van der Waals surface area contributed by atoms with E-state index >= 15 is 0 Å². The zero-order valence-corrected chi connectivity index (χ0v) is 23.3. The van der Waals surface area contributed by atoms with Crippen LogP contribution in [0.15, 0.2) is 35.9 Å². The molecule has 3 nitrogen and oxygen atoms in total. The first-order chi connectivity index (χ1) is 18.6. The Labute approximate surface area is 233 Å². The standard InChI is InChI=1S/C29H30F7NO2S/c1-15(2)22-12-23(25(38-4)13-24(22)30)21-8-6-5-7-17(21)14-37-16(3)26(39-27(37)40)18-9-19(28(31,32)33)11-20(10-18)29(34,35)36/h9-13,15-16,26H,5-8,14H2,1-4H3/t16-,26-/m0/s1. The summed E-state index contributed by atoms with van der Waals surface area (Å²) in [4.78, 5) is 1.69. The number of benzene rings is 2. The van der Waals surface area contributed by atoms with Crippen molar-refractivity contribution in [3.63, 3.8) is 0 Å². The van der Waals surface area contributed by atoms with Crippen molar-refractivity contribution >= 4 is 23.0 Å². The Balaban J connectivity index is 1.71. The molecule has 11 heteroatoms. The maximum absolute atomic E-state index is 14.7. The topological polar surface area (TPSA) is 21.7 Å². The molecular formula is C29H30F7NO2S. The van der Waals surface area contributed by atoms with Gasteiger partial charge in [-0.15, -0.1) is 0 Å². The van der Waals surface area contributed by atoms with Crippen LogP contribution >= 0.6 is 12.2 Å². The highest BCUT2D eigenvalue weighted by molar-refractivity contribution is 7.80. The Morgan fingerprint density at radius 3 is 2.12 bits per heavy atom. The number of allylic oxidation sites excluding steroid dienone is 1. The summed E-state index contributed by atoms with van der Waals surface area (Å²) < 4.78 is 107. The first kappa shape index (κ1) is 30.1. The number of nitrogens with zero attached hydrogens (tertiary/aromatic N) is 1. The number of methoxy groups -OCH3 is 1. The number of thiocarbonyl (C=S) groups is 1. The molecule has 1 aliphatic heterocycles. The normalized spacial score (nSPS) is 20.4. The van der Waals surface area contributed by atoms with Crippen molar-refractivity contribution < 1.29 is 40.2 Å². The van der Waals surface area contributed by atoms with E-state index in [1.165, 1.54) is 13.2 Å². The third-order valence-corrected chi connectivity index (χ3v) is 7.87. The Bertz CT molecular complexity index is 1280. The molecule has 0 bridgehead atoms. The van der Waals surface area contributed by atoms with Crippen LogP contribution in [0.25, 0.3) is 5.57 Å². The first-order valence-electron chi connectivity index (χ1n) is 13.0. The number of rotatable bonds is 6. The average molecular weight is 590 g/mol. The molecule has 0 radical (unpaired) electrons. The van der Waals surface area contributed by atoms with Crippen molar-refractivity contribution in [2.24, 2.45) is 0 Å². The third-order valence-electron chi connectivity index (χ3n) is 7.54. The minimum absolute atomic E-state index is 0.00478. The summed E-state index contributed by atoms with van der Waals surface area (Å²) in [5.41, 5.74) is 0.223. The van der Waals surface area contributed by atoms with Crippen LogP contribution in [-0.2, 0) is 17.1 Å². The lowest BCUT2D eigenvalue weighted by molar-refractivity contribution is -0.143. The third kappa shape index (κ3) is 6.09. The van der Waals surface area contributed by atoms with Crippen LogP contribution in [0.4, 0.5) is 30.7 Å². The van der Waals surface area contributed by atoms with Crippen molar-refractivity contribution in [1.82, 2.24) is 4.90 Å². The highest BCUT2D eigenvalue weighted by Crippen LogP contribution is 2.43. The molecule has 2 atom stereocenters. The molecule has 1 fully saturated rings. The van der Waals surface area contributed by atoms with Gasteiger partial charge in [-0.1, -0.05) is 13.8 Å². The largest absolute Gasteiger partial charge is 0.496 e. The summed E-state index contributed by atoms with van der Waals surface area (Å²) in [7, 11) is 1.47. The molecule has 4 rings (SSSR count). The lowest BCUT2D eigenvalue weighted by atomic mass is 9.85. The fourth-order valence-corrected chi connectivity index (χ4v) is 5.73. The fourth-order valence-electron chi connectivity index (χ4n) is 5.39. The summed E-state index contributed by atoms with van der Waals surface area (Å²) in [6.45, 7) is 5.72. The summed E-state index contributed by atoms with van der Waals surface area (Å²) >= 11 is 5.41. The molecule has 0 saturated carbocycles. The highest BCUT2D eigenvalue weighted by atomic mass is 32.1. The molecule has 0 spiro atoms. The molecule has 1 heterocycles. The minimum atomic E-state index is -4.97. The first-order valence-corrected chi connectivity index (χ1v) is 13.4. The van der Waals surface area contributed by atoms with Crippen LogP contribution < -0.4 is 4.74 Å². The van der Waals surface area contributed by atoms with E-state index in [1.54, 1.807) is 17.9 Å². The molecule has 0 N–H and O–H groups in total. The number of alkyl halides is 6. The van der Waals surface area contributed by atoms with E-state index in [2.05, 4.69) is 0 Å². The predicted molar refractivity (Wildman–Crippen MR) is 141 cm³/mol. The zero-order chi connectivity index (χ0) is 29.6. The van der Waals surface area contributed by atoms with E-state index in [-0.39, 0.29) is 35.1 Å². The van der Waals surface area contributed by atoms with Gasteiger partial charge in [0.2, 0.25) is 0 Å². The number of halogens is 7. The lowest BCUT2D eigenvalue weighted by Crippen LogP contribution is -2.34. The van der Waals surface area contributed by atoms with E-state index in [9.17, 15) is 30.7 Å². The summed E-state index contributed by atoms with van der Waals surface area (Å²) in [6.07, 6.45) is -7.87. The summed E-state index contributed by atoms with van der Waals surface area (Å²) in [5, 5.41) is -0.00478. The molecule has 0 unspecified atom stereocenters. The Morgan fingerprint density at radius 1 is 0.975 bits per heavy atom. The van der Waals surface area contributed by atoms with Crippen molar-refractivity contribution in [1.29, 1.82) is 0 Å². The van der Waals surface area contributed by atoms with Gasteiger partial charge in [0.1, 0.15) is 17.7 Å². The Kier molecular flexibility index (Phi) is 8.45. The van der Waals surface area contributed by atoms with Crippen LogP contribution in [0.1, 0.15) is 86.3 Å². The van der Waals surface area contributed by atoms with Gasteiger partial charge in [0.05, 0.1) is 24.3 Å². The van der Waals surface area contributed by atoms with Crippen molar-refractivity contribution in [3.05, 3.63) is 69.5 Å². The monoisotopic (exact) mass is 589 g/mol. The second-order valence-corrected chi connectivity index (χ2v) is 10.9. The van der Waals surface area contributed by atoms with Crippen molar-refractivity contribution in [2.75, 3.05) is 13.7 Å². The predicted octanol–water partition coefficient (Wildman–Crippen LogP) is 9.07. The average Bonchev–Trinajstić information content (AvgIpc) is 3.15. The molecule has 0 aromatic heterocycles. The van der Waals surface area contributed by atoms with Crippen LogP contribution in [0.2, 0.25) is 0 Å². The summed E-state index contributed by atoms with van der Waals surface area (Å²) in [6, 6.07) is 3.99. The minimum Gasteiger partial charge on any atom is -0.496 e. The molecule has 40 heavy (non-hydrogen) atoms. The number of ether oxygens (including phenoxy) is 2. The van der Waals surface area contributed by atoms with Crippen LogP contribution in [0.5, 0.6) is 5.75 Å². The van der Waals surface area contributed by atoms with Gasteiger partial charge in [-0.2, -0.15) is 26.3 Å². The van der Waals surface area contributed by atoms with Crippen molar-refractivity contribution in [3.8, 4) is 5.75 Å². The van der Waals surface area contributed by atoms with Gasteiger partial charge in [0, 0.05) is 18.2 Å². The molecular weight excluding hydrogens is 559 g/mol. The molecule has 218 valence electrons.